The number of nitrogens with one attached hydrogen (secondary N) is 1. The van der Waals surface area contributed by atoms with Crippen molar-refractivity contribution in [2.75, 3.05) is 12.4 Å². The van der Waals surface area contributed by atoms with Gasteiger partial charge >= 0.3 is 5.97 Å². The highest BCUT2D eigenvalue weighted by Gasteiger charge is 2.20. The Morgan fingerprint density at radius 1 is 1.03 bits per heavy atom. The number of aromatic hydroxyl groups is 1. The number of phenols is 1. The van der Waals surface area contributed by atoms with Gasteiger partial charge < -0.3 is 15.2 Å². The summed E-state index contributed by atoms with van der Waals surface area (Å²) < 4.78 is 18.0. The number of esters is 1. The van der Waals surface area contributed by atoms with E-state index in [1.807, 2.05) is 0 Å². The second-order valence-corrected chi connectivity index (χ2v) is 7.18. The molecule has 1 amide bonds. The molecule has 4 aromatic rings. The number of fused-ring (bicyclic) bond motifs is 1. The SMILES string of the molecule is COC(=O)c1cc(NC(=O)c2ccccc2)c2cc(Cc3ccc(F)cc3)cnc2c1O. The summed E-state index contributed by atoms with van der Waals surface area (Å²) in [5.74, 6) is -1.79. The van der Waals surface area contributed by atoms with Crippen molar-refractivity contribution in [3.63, 3.8) is 0 Å². The van der Waals surface area contributed by atoms with Gasteiger partial charge in [0.25, 0.3) is 5.91 Å². The van der Waals surface area contributed by atoms with Gasteiger partial charge in [-0.3, -0.25) is 9.78 Å². The van der Waals surface area contributed by atoms with Gasteiger partial charge in [0.05, 0.1) is 12.8 Å². The number of nitrogens with zero attached hydrogens (tertiary/aromatic N) is 1. The van der Waals surface area contributed by atoms with Gasteiger partial charge in [0, 0.05) is 17.1 Å². The van der Waals surface area contributed by atoms with E-state index in [2.05, 4.69) is 10.3 Å². The number of ether oxygens (including phenoxy) is 1. The Hall–Kier alpha value is -4.26. The number of amides is 1. The summed E-state index contributed by atoms with van der Waals surface area (Å²) in [6.45, 7) is 0. The van der Waals surface area contributed by atoms with Crippen LogP contribution in [0.3, 0.4) is 0 Å². The first kappa shape index (κ1) is 21.0. The molecular formula is C25H19FN2O4. The maximum atomic E-state index is 13.2. The maximum absolute atomic E-state index is 13.2. The number of hydrogen-bond donors (Lipinski definition) is 2. The summed E-state index contributed by atoms with van der Waals surface area (Å²) in [7, 11) is 1.20. The first-order chi connectivity index (χ1) is 15.5. The summed E-state index contributed by atoms with van der Waals surface area (Å²) in [5.41, 5.74) is 2.44. The normalized spacial score (nSPS) is 10.7. The number of carbonyl (C=O) groups excluding carboxylic acids is 2. The lowest BCUT2D eigenvalue weighted by atomic mass is 10.0. The first-order valence-electron chi connectivity index (χ1n) is 9.80. The smallest absolute Gasteiger partial charge is 0.341 e. The van der Waals surface area contributed by atoms with Crippen LogP contribution in [0.1, 0.15) is 31.8 Å². The van der Waals surface area contributed by atoms with Crippen LogP contribution in [0.15, 0.2) is 72.9 Å². The largest absolute Gasteiger partial charge is 0.505 e. The standard InChI is InChI=1S/C25H19FN2O4/c1-32-25(31)20-13-21(28-24(30)17-5-3-2-4-6-17)19-12-16(14-27-22(19)23(20)29)11-15-7-9-18(26)10-8-15/h2-10,12-14,29H,11H2,1H3,(H,28,30). The minimum absolute atomic E-state index is 0.109. The summed E-state index contributed by atoms with van der Waals surface area (Å²) in [4.78, 5) is 29.3. The van der Waals surface area contributed by atoms with E-state index in [1.165, 1.54) is 25.3 Å². The van der Waals surface area contributed by atoms with Crippen molar-refractivity contribution >= 4 is 28.5 Å². The summed E-state index contributed by atoms with van der Waals surface area (Å²) >= 11 is 0. The molecule has 0 saturated carbocycles. The number of anilines is 1. The number of aromatic nitrogens is 1. The highest BCUT2D eigenvalue weighted by Crippen LogP contribution is 2.35. The van der Waals surface area contributed by atoms with Crippen LogP contribution in [0.25, 0.3) is 10.9 Å². The molecule has 0 saturated heterocycles. The van der Waals surface area contributed by atoms with Crippen molar-refractivity contribution < 1.29 is 23.8 Å². The lowest BCUT2D eigenvalue weighted by Crippen LogP contribution is -2.13. The summed E-state index contributed by atoms with van der Waals surface area (Å²) in [6, 6.07) is 17.9. The Bertz CT molecular complexity index is 1310. The fourth-order valence-electron chi connectivity index (χ4n) is 3.41. The van der Waals surface area contributed by atoms with Crippen molar-refractivity contribution in [3.8, 4) is 5.75 Å². The van der Waals surface area contributed by atoms with Gasteiger partial charge in [0.1, 0.15) is 16.9 Å². The molecule has 0 fully saturated rings. The van der Waals surface area contributed by atoms with Crippen LogP contribution in [0.4, 0.5) is 10.1 Å². The molecule has 1 heterocycles. The molecule has 2 N–H and O–H groups in total. The van der Waals surface area contributed by atoms with Gasteiger partial charge in [0.2, 0.25) is 0 Å². The van der Waals surface area contributed by atoms with Gasteiger partial charge in [-0.15, -0.1) is 0 Å². The highest BCUT2D eigenvalue weighted by atomic mass is 19.1. The Morgan fingerprint density at radius 3 is 2.44 bits per heavy atom. The molecule has 0 aliphatic heterocycles. The van der Waals surface area contributed by atoms with E-state index in [9.17, 15) is 19.1 Å². The average molecular weight is 430 g/mol. The molecule has 0 unspecified atom stereocenters. The third-order valence-corrected chi connectivity index (χ3v) is 5.01. The molecule has 160 valence electrons. The molecule has 1 aromatic heterocycles. The maximum Gasteiger partial charge on any atom is 0.341 e. The lowest BCUT2D eigenvalue weighted by molar-refractivity contribution is 0.0597. The molecule has 32 heavy (non-hydrogen) atoms. The average Bonchev–Trinajstić information content (AvgIpc) is 2.82. The molecular weight excluding hydrogens is 411 g/mol. The third kappa shape index (κ3) is 4.27. The highest BCUT2D eigenvalue weighted by molar-refractivity contribution is 6.12. The van der Waals surface area contributed by atoms with Crippen molar-refractivity contribution in [2.24, 2.45) is 0 Å². The van der Waals surface area contributed by atoms with Crippen molar-refractivity contribution in [1.29, 1.82) is 0 Å². The van der Waals surface area contributed by atoms with Crippen molar-refractivity contribution in [1.82, 2.24) is 4.98 Å². The number of halogens is 1. The third-order valence-electron chi connectivity index (χ3n) is 5.01. The number of hydrogen-bond acceptors (Lipinski definition) is 5. The topological polar surface area (TPSA) is 88.5 Å². The molecule has 0 bridgehead atoms. The van der Waals surface area contributed by atoms with E-state index in [-0.39, 0.29) is 28.6 Å². The molecule has 0 spiro atoms. The second kappa shape index (κ2) is 8.85. The molecule has 0 radical (unpaired) electrons. The van der Waals surface area contributed by atoms with Gasteiger partial charge in [-0.05, 0) is 53.9 Å². The fraction of sp³-hybridized carbons (Fsp3) is 0.0800. The predicted molar refractivity (Wildman–Crippen MR) is 118 cm³/mol. The Morgan fingerprint density at radius 2 is 1.75 bits per heavy atom. The summed E-state index contributed by atoms with van der Waals surface area (Å²) in [6.07, 6.45) is 2.03. The molecule has 7 heteroatoms. The first-order valence-corrected chi connectivity index (χ1v) is 9.80. The van der Waals surface area contributed by atoms with Crippen LogP contribution in [-0.4, -0.2) is 29.1 Å². The van der Waals surface area contributed by atoms with Crippen LogP contribution in [-0.2, 0) is 11.2 Å². The van der Waals surface area contributed by atoms with E-state index in [1.54, 1.807) is 54.7 Å². The van der Waals surface area contributed by atoms with E-state index in [4.69, 9.17) is 4.74 Å². The number of rotatable bonds is 5. The molecule has 0 aliphatic rings. The Labute approximate surface area is 183 Å². The zero-order chi connectivity index (χ0) is 22.7. The van der Waals surface area contributed by atoms with Crippen LogP contribution < -0.4 is 5.32 Å². The number of benzene rings is 3. The Kier molecular flexibility index (Phi) is 5.81. The predicted octanol–water partition coefficient (Wildman–Crippen LogP) is 4.71. The summed E-state index contributed by atoms with van der Waals surface area (Å²) in [5, 5.41) is 13.9. The van der Waals surface area contributed by atoms with E-state index >= 15 is 0 Å². The number of carbonyl (C=O) groups is 2. The molecule has 4 rings (SSSR count). The van der Waals surface area contributed by atoms with Crippen LogP contribution in [0.5, 0.6) is 5.75 Å². The van der Waals surface area contributed by atoms with Crippen LogP contribution in [0, 0.1) is 5.82 Å². The zero-order valence-electron chi connectivity index (χ0n) is 17.1. The molecule has 6 nitrogen and oxygen atoms in total. The zero-order valence-corrected chi connectivity index (χ0v) is 17.1. The number of pyridine rings is 1. The molecule has 0 atom stereocenters. The van der Waals surface area contributed by atoms with Crippen LogP contribution in [0.2, 0.25) is 0 Å². The monoisotopic (exact) mass is 430 g/mol. The molecule has 3 aromatic carbocycles. The van der Waals surface area contributed by atoms with Crippen molar-refractivity contribution in [2.45, 2.75) is 6.42 Å². The quantitative estimate of drug-likeness (QED) is 0.354. The lowest BCUT2D eigenvalue weighted by Gasteiger charge is -2.14. The fourth-order valence-corrected chi connectivity index (χ4v) is 3.41. The second-order valence-electron chi connectivity index (χ2n) is 7.18. The Balaban J connectivity index is 1.80. The van der Waals surface area contributed by atoms with E-state index < -0.39 is 5.97 Å². The van der Waals surface area contributed by atoms with E-state index in [0.29, 0.717) is 23.1 Å². The minimum atomic E-state index is -0.753. The number of phenolic OH excluding ortho intramolecular Hbond substituents is 1. The van der Waals surface area contributed by atoms with Gasteiger partial charge in [-0.25, -0.2) is 9.18 Å². The van der Waals surface area contributed by atoms with Gasteiger partial charge in [-0.2, -0.15) is 0 Å². The minimum Gasteiger partial charge on any atom is -0.505 e. The number of methoxy groups -OCH3 is 1. The van der Waals surface area contributed by atoms with E-state index in [0.717, 1.165) is 11.1 Å². The van der Waals surface area contributed by atoms with Gasteiger partial charge in [0.15, 0.2) is 5.75 Å². The molecule has 0 aliphatic carbocycles. The van der Waals surface area contributed by atoms with Gasteiger partial charge in [-0.1, -0.05) is 30.3 Å². The van der Waals surface area contributed by atoms with Crippen LogP contribution >= 0.6 is 0 Å². The van der Waals surface area contributed by atoms with Crippen molar-refractivity contribution in [3.05, 3.63) is 101 Å².